The summed E-state index contributed by atoms with van der Waals surface area (Å²) in [5, 5.41) is 12.8. The lowest BCUT2D eigenvalue weighted by Crippen LogP contribution is -2.45. The summed E-state index contributed by atoms with van der Waals surface area (Å²) in [5.74, 6) is 0.00725. The van der Waals surface area contributed by atoms with Crippen molar-refractivity contribution in [1.82, 2.24) is 20.4 Å². The van der Waals surface area contributed by atoms with Crippen LogP contribution in [0.2, 0.25) is 0 Å². The quantitative estimate of drug-likeness (QED) is 0.890. The molecule has 1 atom stereocenters. The standard InChI is InChI=1S/C13H20N4O2S/c1-9-15-16-12(20-9)5-6-14-13(19)11-4-3-7-17(8-11)10(2)18/h11H,3-8H2,1-2H3,(H,14,19)/t11-/m1/s1. The van der Waals surface area contributed by atoms with Crippen LogP contribution >= 0.6 is 11.3 Å². The summed E-state index contributed by atoms with van der Waals surface area (Å²) in [4.78, 5) is 25.2. The third-order valence-corrected chi connectivity index (χ3v) is 4.34. The van der Waals surface area contributed by atoms with E-state index in [0.29, 0.717) is 19.5 Å². The zero-order valence-corrected chi connectivity index (χ0v) is 12.7. The molecule has 1 aromatic heterocycles. The van der Waals surface area contributed by atoms with Crippen LogP contribution in [0.4, 0.5) is 0 Å². The molecule has 2 rings (SSSR count). The van der Waals surface area contributed by atoms with Crippen LogP contribution in [0.1, 0.15) is 29.8 Å². The molecule has 7 heteroatoms. The maximum atomic E-state index is 12.1. The molecule has 1 aliphatic heterocycles. The van der Waals surface area contributed by atoms with Gasteiger partial charge in [-0.2, -0.15) is 0 Å². The zero-order chi connectivity index (χ0) is 14.5. The second kappa shape index (κ2) is 6.78. The van der Waals surface area contributed by atoms with Gasteiger partial charge in [0.05, 0.1) is 5.92 Å². The molecule has 2 amide bonds. The molecule has 0 aromatic carbocycles. The van der Waals surface area contributed by atoms with Crippen LogP contribution in [0.25, 0.3) is 0 Å². The van der Waals surface area contributed by atoms with E-state index in [1.807, 2.05) is 6.92 Å². The molecular weight excluding hydrogens is 276 g/mol. The van der Waals surface area contributed by atoms with Crippen molar-refractivity contribution in [1.29, 1.82) is 0 Å². The number of amides is 2. The summed E-state index contributed by atoms with van der Waals surface area (Å²) in [6.45, 7) is 5.35. The van der Waals surface area contributed by atoms with E-state index in [2.05, 4.69) is 15.5 Å². The zero-order valence-electron chi connectivity index (χ0n) is 11.9. The van der Waals surface area contributed by atoms with Gasteiger partial charge in [-0.1, -0.05) is 0 Å². The minimum Gasteiger partial charge on any atom is -0.355 e. The molecule has 20 heavy (non-hydrogen) atoms. The van der Waals surface area contributed by atoms with E-state index in [4.69, 9.17) is 0 Å². The molecule has 0 bridgehead atoms. The third-order valence-electron chi connectivity index (χ3n) is 3.44. The van der Waals surface area contributed by atoms with Crippen LogP contribution in [-0.4, -0.2) is 46.5 Å². The fourth-order valence-electron chi connectivity index (χ4n) is 2.35. The summed E-state index contributed by atoms with van der Waals surface area (Å²) in [6.07, 6.45) is 2.46. The van der Waals surface area contributed by atoms with Gasteiger partial charge in [0.25, 0.3) is 0 Å². The topological polar surface area (TPSA) is 75.2 Å². The smallest absolute Gasteiger partial charge is 0.224 e. The Hall–Kier alpha value is -1.50. The van der Waals surface area contributed by atoms with Crippen LogP contribution < -0.4 is 5.32 Å². The average molecular weight is 296 g/mol. The lowest BCUT2D eigenvalue weighted by Gasteiger charge is -2.31. The van der Waals surface area contributed by atoms with E-state index in [9.17, 15) is 9.59 Å². The highest BCUT2D eigenvalue weighted by molar-refractivity contribution is 7.11. The molecule has 0 spiro atoms. The Morgan fingerprint density at radius 1 is 1.45 bits per heavy atom. The summed E-state index contributed by atoms with van der Waals surface area (Å²) in [6, 6.07) is 0. The molecule has 6 nitrogen and oxygen atoms in total. The molecule has 1 aromatic rings. The highest BCUT2D eigenvalue weighted by Crippen LogP contribution is 2.16. The minimum atomic E-state index is -0.0798. The van der Waals surface area contributed by atoms with Crippen LogP contribution in [0.15, 0.2) is 0 Å². The van der Waals surface area contributed by atoms with E-state index < -0.39 is 0 Å². The van der Waals surface area contributed by atoms with E-state index >= 15 is 0 Å². The number of piperidine rings is 1. The van der Waals surface area contributed by atoms with Gasteiger partial charge in [0.15, 0.2) is 0 Å². The Bertz CT molecular complexity index is 488. The number of aryl methyl sites for hydroxylation is 1. The lowest BCUT2D eigenvalue weighted by atomic mass is 9.97. The van der Waals surface area contributed by atoms with Gasteiger partial charge in [0, 0.05) is 33.0 Å². The van der Waals surface area contributed by atoms with Crippen molar-refractivity contribution in [2.24, 2.45) is 5.92 Å². The van der Waals surface area contributed by atoms with Gasteiger partial charge in [-0.15, -0.1) is 21.5 Å². The van der Waals surface area contributed by atoms with Crippen LogP contribution in [0.5, 0.6) is 0 Å². The molecule has 1 saturated heterocycles. The molecule has 0 unspecified atom stereocenters. The van der Waals surface area contributed by atoms with E-state index in [1.165, 1.54) is 0 Å². The summed E-state index contributed by atoms with van der Waals surface area (Å²) < 4.78 is 0. The first-order chi connectivity index (χ1) is 9.56. The van der Waals surface area contributed by atoms with E-state index in [1.54, 1.807) is 23.2 Å². The van der Waals surface area contributed by atoms with Gasteiger partial charge in [-0.05, 0) is 19.8 Å². The lowest BCUT2D eigenvalue weighted by molar-refractivity contribution is -0.133. The van der Waals surface area contributed by atoms with Crippen molar-refractivity contribution in [3.63, 3.8) is 0 Å². The third kappa shape index (κ3) is 4.00. The molecular formula is C13H20N4O2S. The summed E-state index contributed by atoms with van der Waals surface area (Å²) in [5.41, 5.74) is 0. The summed E-state index contributed by atoms with van der Waals surface area (Å²) in [7, 11) is 0. The van der Waals surface area contributed by atoms with Crippen molar-refractivity contribution < 1.29 is 9.59 Å². The fourth-order valence-corrected chi connectivity index (χ4v) is 3.06. The molecule has 110 valence electrons. The number of likely N-dealkylation sites (tertiary alicyclic amines) is 1. The Morgan fingerprint density at radius 3 is 2.90 bits per heavy atom. The van der Waals surface area contributed by atoms with Crippen molar-refractivity contribution in [2.75, 3.05) is 19.6 Å². The predicted octanol–water partition coefficient (Wildman–Crippen LogP) is 0.764. The first-order valence-electron chi connectivity index (χ1n) is 6.88. The Kier molecular flexibility index (Phi) is 5.05. The predicted molar refractivity (Wildman–Crippen MR) is 76.3 cm³/mol. The Labute approximate surface area is 122 Å². The Balaban J connectivity index is 1.75. The van der Waals surface area contributed by atoms with Gasteiger partial charge in [0.2, 0.25) is 11.8 Å². The van der Waals surface area contributed by atoms with Gasteiger partial charge >= 0.3 is 0 Å². The van der Waals surface area contributed by atoms with E-state index in [0.717, 1.165) is 29.4 Å². The number of carbonyl (C=O) groups is 2. The highest BCUT2D eigenvalue weighted by atomic mass is 32.1. The average Bonchev–Trinajstić information content (AvgIpc) is 2.84. The first-order valence-corrected chi connectivity index (χ1v) is 7.70. The minimum absolute atomic E-state index is 0.0391. The maximum Gasteiger partial charge on any atom is 0.224 e. The van der Waals surface area contributed by atoms with Gasteiger partial charge in [-0.25, -0.2) is 0 Å². The second-order valence-corrected chi connectivity index (χ2v) is 6.33. The number of carbonyl (C=O) groups excluding carboxylic acids is 2. The van der Waals surface area contributed by atoms with Crippen molar-refractivity contribution >= 4 is 23.2 Å². The van der Waals surface area contributed by atoms with E-state index in [-0.39, 0.29) is 17.7 Å². The number of hydrogen-bond donors (Lipinski definition) is 1. The van der Waals surface area contributed by atoms with Crippen LogP contribution in [0.3, 0.4) is 0 Å². The number of aromatic nitrogens is 2. The van der Waals surface area contributed by atoms with Crippen LogP contribution in [-0.2, 0) is 16.0 Å². The normalized spacial score (nSPS) is 18.9. The second-order valence-electron chi connectivity index (χ2n) is 5.06. The Morgan fingerprint density at radius 2 is 2.25 bits per heavy atom. The highest BCUT2D eigenvalue weighted by Gasteiger charge is 2.26. The molecule has 1 fully saturated rings. The van der Waals surface area contributed by atoms with Crippen molar-refractivity contribution in [2.45, 2.75) is 33.1 Å². The molecule has 0 aliphatic carbocycles. The number of nitrogens with zero attached hydrogens (tertiary/aromatic N) is 3. The largest absolute Gasteiger partial charge is 0.355 e. The summed E-state index contributed by atoms with van der Waals surface area (Å²) >= 11 is 1.55. The maximum absolute atomic E-state index is 12.1. The number of nitrogens with one attached hydrogen (secondary N) is 1. The van der Waals surface area contributed by atoms with Gasteiger partial charge < -0.3 is 10.2 Å². The molecule has 1 aliphatic rings. The first kappa shape index (κ1) is 14.9. The molecule has 0 saturated carbocycles. The molecule has 1 N–H and O–H groups in total. The fraction of sp³-hybridized carbons (Fsp3) is 0.692. The molecule has 2 heterocycles. The SMILES string of the molecule is CC(=O)N1CCC[C@@H](C(=O)NCCc2nnc(C)s2)C1. The monoisotopic (exact) mass is 296 g/mol. The van der Waals surface area contributed by atoms with Crippen LogP contribution in [0, 0.1) is 12.8 Å². The van der Waals surface area contributed by atoms with Gasteiger partial charge in [-0.3, -0.25) is 9.59 Å². The van der Waals surface area contributed by atoms with Crippen molar-refractivity contribution in [3.05, 3.63) is 10.0 Å². The number of rotatable bonds is 4. The molecule has 0 radical (unpaired) electrons. The number of hydrogen-bond acceptors (Lipinski definition) is 5. The van der Waals surface area contributed by atoms with Crippen molar-refractivity contribution in [3.8, 4) is 0 Å². The van der Waals surface area contributed by atoms with Gasteiger partial charge in [0.1, 0.15) is 10.0 Å².